The number of Topliss-reactive ketones (excluding diaryl/α,β-unsaturated/α-hetero) is 1. The first-order valence-corrected chi connectivity index (χ1v) is 18.3. The molecular weight excluding hydrogens is 597 g/mol. The van der Waals surface area contributed by atoms with Crippen LogP contribution < -0.4 is 4.90 Å². The summed E-state index contributed by atoms with van der Waals surface area (Å²) in [6.07, 6.45) is 20.0. The third-order valence-corrected chi connectivity index (χ3v) is 11.1. The molecule has 3 nitrogen and oxygen atoms in total. The van der Waals surface area contributed by atoms with Gasteiger partial charge in [0.2, 0.25) is 5.69 Å². The molecule has 0 saturated heterocycles. The number of ketones is 1. The van der Waals surface area contributed by atoms with Gasteiger partial charge < -0.3 is 4.90 Å². The van der Waals surface area contributed by atoms with E-state index in [0.717, 1.165) is 32.2 Å². The van der Waals surface area contributed by atoms with Crippen LogP contribution in [0.4, 0.5) is 11.4 Å². The molecule has 49 heavy (non-hydrogen) atoms. The maximum atomic E-state index is 12.4. The quantitative estimate of drug-likeness (QED) is 0.0866. The molecule has 1 atom stereocenters. The van der Waals surface area contributed by atoms with Gasteiger partial charge in [0, 0.05) is 53.4 Å². The average Bonchev–Trinajstić information content (AvgIpc) is 3.44. The Morgan fingerprint density at radius 1 is 0.755 bits per heavy atom. The summed E-state index contributed by atoms with van der Waals surface area (Å²) in [5.41, 5.74) is 7.81. The Morgan fingerprint density at radius 3 is 2.10 bits per heavy atom. The zero-order valence-corrected chi connectivity index (χ0v) is 30.6. The molecule has 2 aliphatic heterocycles. The first-order valence-electron chi connectivity index (χ1n) is 18.3. The molecule has 0 saturated carbocycles. The lowest BCUT2D eigenvalue weighted by Crippen LogP contribution is -2.27. The van der Waals surface area contributed by atoms with E-state index in [-0.39, 0.29) is 16.7 Å². The molecule has 0 aromatic heterocycles. The zero-order valence-electron chi connectivity index (χ0n) is 30.6. The van der Waals surface area contributed by atoms with Crippen LogP contribution in [0.5, 0.6) is 0 Å². The van der Waals surface area contributed by atoms with Crippen LogP contribution in [-0.4, -0.2) is 29.7 Å². The Bertz CT molecular complexity index is 2030. The molecular formula is C46H53N2O+. The molecule has 2 aliphatic rings. The van der Waals surface area contributed by atoms with E-state index in [0.29, 0.717) is 12.2 Å². The molecule has 0 fully saturated rings. The number of fused-ring (bicyclic) bond motifs is 6. The van der Waals surface area contributed by atoms with Gasteiger partial charge in [-0.05, 0) is 78.4 Å². The number of allylic oxidation sites excluding steroid dienone is 8. The van der Waals surface area contributed by atoms with Crippen molar-refractivity contribution < 1.29 is 9.37 Å². The van der Waals surface area contributed by atoms with Crippen molar-refractivity contribution in [1.82, 2.24) is 0 Å². The summed E-state index contributed by atoms with van der Waals surface area (Å²) >= 11 is 0. The number of rotatable bonds is 12. The van der Waals surface area contributed by atoms with Gasteiger partial charge in [-0.2, -0.15) is 4.58 Å². The summed E-state index contributed by atoms with van der Waals surface area (Å²) < 4.78 is 2.34. The standard InChI is InChI=1S/C46H53N2O/c1-8-33(2)40(49)25-13-12-20-32-48-39-31-29-35-22-17-19-24-37(35)44(39)46(5,6)42(48)27-15-11-9-10-14-26-41-45(3,4)43-36-23-18-16-21-34(36)28-30-38(43)47(41)7/h9-11,14-19,21-24,26-31,33H,8,12-13,20,25,32H2,1-7H3/q+1. The molecule has 0 N–H and O–H groups in total. The Balaban J connectivity index is 1.19. The fourth-order valence-electron chi connectivity index (χ4n) is 8.18. The third kappa shape index (κ3) is 6.48. The minimum atomic E-state index is -0.134. The van der Waals surface area contributed by atoms with E-state index in [1.807, 2.05) is 0 Å². The highest BCUT2D eigenvalue weighted by molar-refractivity contribution is 6.07. The van der Waals surface area contributed by atoms with Gasteiger partial charge in [0.1, 0.15) is 12.8 Å². The van der Waals surface area contributed by atoms with Crippen LogP contribution in [0.25, 0.3) is 21.5 Å². The number of anilines is 1. The lowest BCUT2D eigenvalue weighted by molar-refractivity contribution is -0.401. The lowest BCUT2D eigenvalue weighted by atomic mass is 9.79. The fourth-order valence-corrected chi connectivity index (χ4v) is 8.18. The highest BCUT2D eigenvalue weighted by Gasteiger charge is 2.44. The fraction of sp³-hybridized carbons (Fsp3) is 0.348. The summed E-state index contributed by atoms with van der Waals surface area (Å²) in [6.45, 7) is 14.5. The summed E-state index contributed by atoms with van der Waals surface area (Å²) in [4.78, 5) is 14.9. The molecule has 252 valence electrons. The molecule has 6 rings (SSSR count). The van der Waals surface area contributed by atoms with Crippen molar-refractivity contribution in [1.29, 1.82) is 0 Å². The summed E-state index contributed by atoms with van der Waals surface area (Å²) in [5.74, 6) is 0.587. The molecule has 3 heteroatoms. The van der Waals surface area contributed by atoms with E-state index >= 15 is 0 Å². The van der Waals surface area contributed by atoms with Gasteiger partial charge in [0.05, 0.1) is 5.41 Å². The van der Waals surface area contributed by atoms with Gasteiger partial charge in [-0.15, -0.1) is 0 Å². The van der Waals surface area contributed by atoms with Gasteiger partial charge >= 0.3 is 0 Å². The second-order valence-corrected chi connectivity index (χ2v) is 15.0. The van der Waals surface area contributed by atoms with Crippen LogP contribution >= 0.6 is 0 Å². The molecule has 4 aromatic carbocycles. The smallest absolute Gasteiger partial charge is 0.210 e. The number of hydrogen-bond acceptors (Lipinski definition) is 2. The van der Waals surface area contributed by atoms with Crippen LogP contribution in [-0.2, 0) is 15.6 Å². The Morgan fingerprint density at radius 2 is 1.39 bits per heavy atom. The molecule has 0 radical (unpaired) electrons. The maximum Gasteiger partial charge on any atom is 0.210 e. The number of hydrogen-bond donors (Lipinski definition) is 0. The Labute approximate surface area is 294 Å². The predicted octanol–water partition coefficient (Wildman–Crippen LogP) is 11.5. The monoisotopic (exact) mass is 649 g/mol. The van der Waals surface area contributed by atoms with E-state index in [2.05, 4.69) is 173 Å². The highest BCUT2D eigenvalue weighted by Crippen LogP contribution is 2.51. The lowest BCUT2D eigenvalue weighted by Gasteiger charge is -2.27. The van der Waals surface area contributed by atoms with E-state index < -0.39 is 0 Å². The van der Waals surface area contributed by atoms with E-state index in [1.165, 1.54) is 55.5 Å². The van der Waals surface area contributed by atoms with Crippen molar-refractivity contribution in [3.63, 3.8) is 0 Å². The predicted molar refractivity (Wildman–Crippen MR) is 211 cm³/mol. The summed E-state index contributed by atoms with van der Waals surface area (Å²) in [7, 11) is 2.18. The largest absolute Gasteiger partial charge is 0.344 e. The van der Waals surface area contributed by atoms with E-state index in [1.54, 1.807) is 0 Å². The van der Waals surface area contributed by atoms with Crippen LogP contribution in [0.2, 0.25) is 0 Å². The van der Waals surface area contributed by atoms with E-state index in [4.69, 9.17) is 0 Å². The SMILES string of the molecule is CCC(C)C(=O)CCCCCN1/C(=C/C=C/C=C/C=C/C2=[N+](C)c3ccc4ccccc4c3C2(C)C)C(C)(C)c2c1ccc1ccccc21. The summed E-state index contributed by atoms with van der Waals surface area (Å²) in [6, 6.07) is 26.5. The molecule has 1 unspecified atom stereocenters. The first-order chi connectivity index (χ1) is 23.6. The minimum Gasteiger partial charge on any atom is -0.344 e. The molecule has 0 bridgehead atoms. The van der Waals surface area contributed by atoms with Crippen LogP contribution in [0.15, 0.2) is 121 Å². The normalized spacial score (nSPS) is 18.2. The Kier molecular flexibility index (Phi) is 9.93. The van der Waals surface area contributed by atoms with Crippen molar-refractivity contribution in [3.8, 4) is 0 Å². The van der Waals surface area contributed by atoms with Crippen molar-refractivity contribution in [3.05, 3.63) is 132 Å². The van der Waals surface area contributed by atoms with E-state index in [9.17, 15) is 4.79 Å². The first kappa shape index (κ1) is 34.4. The third-order valence-electron chi connectivity index (χ3n) is 11.1. The van der Waals surface area contributed by atoms with Gasteiger partial charge in [0.25, 0.3) is 0 Å². The molecule has 0 spiro atoms. The average molecular weight is 650 g/mol. The topological polar surface area (TPSA) is 23.3 Å². The molecule has 2 heterocycles. The molecule has 4 aromatic rings. The van der Waals surface area contributed by atoms with Crippen LogP contribution in [0.1, 0.15) is 84.8 Å². The highest BCUT2D eigenvalue weighted by atomic mass is 16.1. The molecule has 0 aliphatic carbocycles. The second kappa shape index (κ2) is 14.2. The van der Waals surface area contributed by atoms with Gasteiger partial charge in [-0.3, -0.25) is 4.79 Å². The zero-order chi connectivity index (χ0) is 34.8. The van der Waals surface area contributed by atoms with Crippen molar-refractivity contribution >= 4 is 44.4 Å². The number of carbonyl (C=O) groups excluding carboxylic acids is 1. The van der Waals surface area contributed by atoms with Crippen molar-refractivity contribution in [2.45, 2.75) is 84.5 Å². The van der Waals surface area contributed by atoms with Crippen LogP contribution in [0.3, 0.4) is 0 Å². The Hall–Kier alpha value is -4.50. The van der Waals surface area contributed by atoms with Gasteiger partial charge in [-0.1, -0.05) is 119 Å². The maximum absolute atomic E-state index is 12.4. The number of carbonyl (C=O) groups is 1. The molecule has 0 amide bonds. The number of unbranched alkanes of at least 4 members (excludes halogenated alkanes) is 2. The van der Waals surface area contributed by atoms with Crippen LogP contribution in [0, 0.1) is 5.92 Å². The van der Waals surface area contributed by atoms with Crippen molar-refractivity contribution in [2.24, 2.45) is 5.92 Å². The van der Waals surface area contributed by atoms with Crippen molar-refractivity contribution in [2.75, 3.05) is 18.5 Å². The van der Waals surface area contributed by atoms with Gasteiger partial charge in [0.15, 0.2) is 5.71 Å². The van der Waals surface area contributed by atoms with Gasteiger partial charge in [-0.25, -0.2) is 0 Å². The second-order valence-electron chi connectivity index (χ2n) is 15.0. The number of benzene rings is 4. The summed E-state index contributed by atoms with van der Waals surface area (Å²) in [5, 5.41) is 5.25. The minimum absolute atomic E-state index is 0.0876. The number of nitrogens with zero attached hydrogens (tertiary/aromatic N) is 2.